The average Bonchev–Trinajstić information content (AvgIpc) is 3.47. The average molecular weight is 444 g/mol. The van der Waals surface area contributed by atoms with Gasteiger partial charge < -0.3 is 4.90 Å². The first kappa shape index (κ1) is 21.2. The zero-order valence-electron chi connectivity index (χ0n) is 20.2. The largest absolute Gasteiger partial charge is 0.338 e. The lowest BCUT2D eigenvalue weighted by Crippen LogP contribution is -2.26. The molecule has 3 atom stereocenters. The Morgan fingerprint density at radius 1 is 0.706 bits per heavy atom. The van der Waals surface area contributed by atoms with E-state index in [9.17, 15) is 0 Å². The van der Waals surface area contributed by atoms with Crippen molar-refractivity contribution in [2.24, 2.45) is 0 Å². The van der Waals surface area contributed by atoms with Crippen LogP contribution in [0.2, 0.25) is 0 Å². The van der Waals surface area contributed by atoms with Crippen molar-refractivity contribution < 1.29 is 0 Å². The first-order valence-corrected chi connectivity index (χ1v) is 12.8. The van der Waals surface area contributed by atoms with Gasteiger partial charge in [-0.25, -0.2) is 0 Å². The minimum Gasteiger partial charge on any atom is -0.338 e. The van der Waals surface area contributed by atoms with Crippen molar-refractivity contribution in [3.63, 3.8) is 0 Å². The Morgan fingerprint density at radius 3 is 2.00 bits per heavy atom. The number of rotatable bonds is 5. The van der Waals surface area contributed by atoms with Gasteiger partial charge in [0, 0.05) is 29.3 Å². The van der Waals surface area contributed by atoms with E-state index in [-0.39, 0.29) is 0 Å². The van der Waals surface area contributed by atoms with Gasteiger partial charge in [0.05, 0.1) is 0 Å². The van der Waals surface area contributed by atoms with Crippen LogP contribution in [0.15, 0.2) is 103 Å². The van der Waals surface area contributed by atoms with Crippen molar-refractivity contribution in [2.75, 3.05) is 4.90 Å². The third-order valence-corrected chi connectivity index (χ3v) is 8.18. The Hall–Kier alpha value is -3.32. The molecule has 170 valence electrons. The van der Waals surface area contributed by atoms with Gasteiger partial charge in [-0.15, -0.1) is 0 Å². The highest BCUT2D eigenvalue weighted by atomic mass is 15.2. The second kappa shape index (κ2) is 8.80. The fourth-order valence-corrected chi connectivity index (χ4v) is 6.48. The standard InChI is InChI=1S/C33H33N/c1-23-16-19-28(20-17-23)34-31-15-9-14-29(31)30-22-27(18-21-32(30)34)24(2)33(25-10-5-3-6-11-25)26-12-7-4-8-13-26/h3-8,10-13,16-22,24,29,31,33H,9,14-15H2,1-2H3. The molecule has 0 saturated heterocycles. The smallest absolute Gasteiger partial charge is 0.0449 e. The number of benzene rings is 4. The lowest BCUT2D eigenvalue weighted by Gasteiger charge is -2.28. The molecule has 0 bridgehead atoms. The molecule has 1 nitrogen and oxygen atoms in total. The summed E-state index contributed by atoms with van der Waals surface area (Å²) in [5, 5.41) is 0. The van der Waals surface area contributed by atoms with Gasteiger partial charge >= 0.3 is 0 Å². The third-order valence-electron chi connectivity index (χ3n) is 8.18. The fourth-order valence-electron chi connectivity index (χ4n) is 6.48. The van der Waals surface area contributed by atoms with Crippen molar-refractivity contribution in [3.8, 4) is 0 Å². The molecule has 0 spiro atoms. The summed E-state index contributed by atoms with van der Waals surface area (Å²) >= 11 is 0. The Labute approximate surface area is 204 Å². The number of hydrogen-bond acceptors (Lipinski definition) is 1. The van der Waals surface area contributed by atoms with Gasteiger partial charge in [-0.3, -0.25) is 0 Å². The number of fused-ring (bicyclic) bond motifs is 3. The molecule has 0 amide bonds. The van der Waals surface area contributed by atoms with Crippen LogP contribution in [0.25, 0.3) is 0 Å². The van der Waals surface area contributed by atoms with E-state index in [4.69, 9.17) is 0 Å². The zero-order valence-corrected chi connectivity index (χ0v) is 20.2. The van der Waals surface area contributed by atoms with Gasteiger partial charge in [0.15, 0.2) is 0 Å². The lowest BCUT2D eigenvalue weighted by atomic mass is 9.77. The summed E-state index contributed by atoms with van der Waals surface area (Å²) in [7, 11) is 0. The van der Waals surface area contributed by atoms with Crippen LogP contribution in [0.4, 0.5) is 11.4 Å². The summed E-state index contributed by atoms with van der Waals surface area (Å²) in [6.07, 6.45) is 3.92. The van der Waals surface area contributed by atoms with Crippen LogP contribution in [0.5, 0.6) is 0 Å². The van der Waals surface area contributed by atoms with Crippen LogP contribution in [0.1, 0.15) is 71.8 Å². The van der Waals surface area contributed by atoms with E-state index < -0.39 is 0 Å². The van der Waals surface area contributed by atoms with E-state index in [1.807, 2.05) is 0 Å². The molecule has 4 aromatic carbocycles. The normalized spacial score (nSPS) is 19.8. The summed E-state index contributed by atoms with van der Waals surface area (Å²) in [5.41, 5.74) is 9.88. The molecular formula is C33H33N. The Kier molecular flexibility index (Phi) is 5.49. The molecule has 1 heteroatoms. The predicted molar refractivity (Wildman–Crippen MR) is 143 cm³/mol. The second-order valence-electron chi connectivity index (χ2n) is 10.2. The summed E-state index contributed by atoms with van der Waals surface area (Å²) < 4.78 is 0. The van der Waals surface area contributed by atoms with E-state index >= 15 is 0 Å². The number of aryl methyl sites for hydroxylation is 1. The van der Waals surface area contributed by atoms with Crippen LogP contribution in [-0.4, -0.2) is 6.04 Å². The predicted octanol–water partition coefficient (Wildman–Crippen LogP) is 8.72. The number of anilines is 2. The van der Waals surface area contributed by atoms with Gasteiger partial charge in [0.1, 0.15) is 0 Å². The van der Waals surface area contributed by atoms with Crippen molar-refractivity contribution in [2.45, 2.75) is 56.9 Å². The summed E-state index contributed by atoms with van der Waals surface area (Å²) in [6.45, 7) is 4.58. The van der Waals surface area contributed by atoms with Crippen LogP contribution in [0, 0.1) is 6.92 Å². The van der Waals surface area contributed by atoms with E-state index in [0.29, 0.717) is 23.8 Å². The van der Waals surface area contributed by atoms with E-state index in [1.165, 1.54) is 52.9 Å². The minimum absolute atomic E-state index is 0.342. The SMILES string of the molecule is Cc1ccc(N2c3ccc(C(C)C(c4ccccc4)c4ccccc4)cc3C3CCCC32)cc1. The maximum atomic E-state index is 2.63. The van der Waals surface area contributed by atoms with Crippen LogP contribution >= 0.6 is 0 Å². The summed E-state index contributed by atoms with van der Waals surface area (Å²) in [6, 6.07) is 39.1. The molecule has 1 fully saturated rings. The van der Waals surface area contributed by atoms with Gasteiger partial charge in [-0.05, 0) is 66.1 Å². The van der Waals surface area contributed by atoms with Crippen molar-refractivity contribution in [1.82, 2.24) is 0 Å². The van der Waals surface area contributed by atoms with Crippen molar-refractivity contribution in [3.05, 3.63) is 131 Å². The molecular weight excluding hydrogens is 410 g/mol. The molecule has 2 aliphatic rings. The van der Waals surface area contributed by atoms with Crippen molar-refractivity contribution in [1.29, 1.82) is 0 Å². The Balaban J connectivity index is 1.41. The number of nitrogens with zero attached hydrogens (tertiary/aromatic N) is 1. The molecule has 34 heavy (non-hydrogen) atoms. The molecule has 1 saturated carbocycles. The fraction of sp³-hybridized carbons (Fsp3) is 0.273. The maximum Gasteiger partial charge on any atom is 0.0449 e. The van der Waals surface area contributed by atoms with Crippen LogP contribution in [-0.2, 0) is 0 Å². The first-order valence-electron chi connectivity index (χ1n) is 12.8. The summed E-state index contributed by atoms with van der Waals surface area (Å²) in [4.78, 5) is 2.63. The highest BCUT2D eigenvalue weighted by Crippen LogP contribution is 2.53. The Morgan fingerprint density at radius 2 is 1.35 bits per heavy atom. The molecule has 6 rings (SSSR count). The van der Waals surface area contributed by atoms with Crippen LogP contribution in [0.3, 0.4) is 0 Å². The molecule has 0 aromatic heterocycles. The second-order valence-corrected chi connectivity index (χ2v) is 10.2. The third kappa shape index (κ3) is 3.64. The molecule has 0 radical (unpaired) electrons. The monoisotopic (exact) mass is 443 g/mol. The molecule has 1 heterocycles. The van der Waals surface area contributed by atoms with E-state index in [1.54, 1.807) is 5.56 Å². The number of hydrogen-bond donors (Lipinski definition) is 0. The lowest BCUT2D eigenvalue weighted by molar-refractivity contribution is 0.636. The Bertz CT molecular complexity index is 1220. The van der Waals surface area contributed by atoms with Crippen LogP contribution < -0.4 is 4.90 Å². The van der Waals surface area contributed by atoms with Gasteiger partial charge in [0.2, 0.25) is 0 Å². The highest BCUT2D eigenvalue weighted by molar-refractivity contribution is 5.74. The molecule has 1 aliphatic carbocycles. The first-order chi connectivity index (χ1) is 16.7. The van der Waals surface area contributed by atoms with Gasteiger partial charge in [0.25, 0.3) is 0 Å². The zero-order chi connectivity index (χ0) is 23.1. The summed E-state index contributed by atoms with van der Waals surface area (Å²) in [5.74, 6) is 1.38. The van der Waals surface area contributed by atoms with Gasteiger partial charge in [-0.1, -0.05) is 104 Å². The quantitative estimate of drug-likeness (QED) is 0.298. The van der Waals surface area contributed by atoms with Crippen molar-refractivity contribution >= 4 is 11.4 Å². The maximum absolute atomic E-state index is 2.63. The molecule has 1 aliphatic heterocycles. The molecule has 3 unspecified atom stereocenters. The minimum atomic E-state index is 0.342. The highest BCUT2D eigenvalue weighted by Gasteiger charge is 2.42. The topological polar surface area (TPSA) is 3.24 Å². The van der Waals surface area contributed by atoms with Gasteiger partial charge in [-0.2, -0.15) is 0 Å². The molecule has 0 N–H and O–H groups in total. The van der Waals surface area contributed by atoms with E-state index in [2.05, 4.69) is 122 Å². The molecule has 4 aromatic rings. The van der Waals surface area contributed by atoms with E-state index in [0.717, 1.165) is 0 Å².